The lowest BCUT2D eigenvalue weighted by Gasteiger charge is -2.13. The smallest absolute Gasteiger partial charge is 0.165 e. The zero-order valence-electron chi connectivity index (χ0n) is 7.93. The predicted octanol–water partition coefficient (Wildman–Crippen LogP) is 2.12. The number of nitrogens with two attached hydrogens (primary N) is 1. The number of aromatic hydroxyl groups is 1. The van der Waals surface area contributed by atoms with Gasteiger partial charge in [0.2, 0.25) is 0 Å². The van der Waals surface area contributed by atoms with Crippen LogP contribution in [0.4, 0.5) is 8.78 Å². The minimum absolute atomic E-state index is 0.00968. The Morgan fingerprint density at radius 1 is 1.36 bits per heavy atom. The second kappa shape index (κ2) is 4.37. The largest absolute Gasteiger partial charge is 0.505 e. The summed E-state index contributed by atoms with van der Waals surface area (Å²) < 4.78 is 26.1. The maximum Gasteiger partial charge on any atom is 0.165 e. The van der Waals surface area contributed by atoms with Crippen LogP contribution in [0.5, 0.6) is 5.75 Å². The molecule has 78 valence electrons. The normalized spacial score (nSPS) is 12.9. The van der Waals surface area contributed by atoms with Gasteiger partial charge in [-0.2, -0.15) is 0 Å². The van der Waals surface area contributed by atoms with Crippen molar-refractivity contribution in [3.63, 3.8) is 0 Å². The van der Waals surface area contributed by atoms with Crippen LogP contribution in [-0.2, 0) is 0 Å². The van der Waals surface area contributed by atoms with Gasteiger partial charge in [-0.3, -0.25) is 0 Å². The van der Waals surface area contributed by atoms with Crippen molar-refractivity contribution in [2.45, 2.75) is 19.3 Å². The van der Waals surface area contributed by atoms with Crippen molar-refractivity contribution in [2.75, 3.05) is 6.54 Å². The summed E-state index contributed by atoms with van der Waals surface area (Å²) >= 11 is 0. The zero-order valence-corrected chi connectivity index (χ0v) is 7.93. The van der Waals surface area contributed by atoms with Crippen molar-refractivity contribution in [1.29, 1.82) is 0 Å². The number of phenolic OH excluding ortho intramolecular Hbond substituents is 1. The molecule has 0 amide bonds. The minimum Gasteiger partial charge on any atom is -0.505 e. The molecule has 1 rings (SSSR count). The van der Waals surface area contributed by atoms with Gasteiger partial charge in [-0.25, -0.2) is 8.78 Å². The zero-order chi connectivity index (χ0) is 10.7. The fraction of sp³-hybridized carbons (Fsp3) is 0.400. The van der Waals surface area contributed by atoms with Gasteiger partial charge < -0.3 is 10.8 Å². The highest BCUT2D eigenvalue weighted by molar-refractivity contribution is 5.37. The van der Waals surface area contributed by atoms with Crippen molar-refractivity contribution < 1.29 is 13.9 Å². The van der Waals surface area contributed by atoms with Crippen LogP contribution < -0.4 is 5.73 Å². The third kappa shape index (κ3) is 2.01. The highest BCUT2D eigenvalue weighted by Gasteiger charge is 2.18. The van der Waals surface area contributed by atoms with E-state index in [0.717, 1.165) is 12.1 Å². The quantitative estimate of drug-likeness (QED) is 0.786. The molecule has 1 atom stereocenters. The summed E-state index contributed by atoms with van der Waals surface area (Å²) in [4.78, 5) is 0. The summed E-state index contributed by atoms with van der Waals surface area (Å²) in [6.45, 7) is 2.07. The Morgan fingerprint density at radius 3 is 2.50 bits per heavy atom. The van der Waals surface area contributed by atoms with Gasteiger partial charge in [-0.1, -0.05) is 6.92 Å². The van der Waals surface area contributed by atoms with Crippen molar-refractivity contribution in [3.8, 4) is 5.75 Å². The Bertz CT molecular complexity index is 328. The van der Waals surface area contributed by atoms with Gasteiger partial charge in [0.05, 0.1) is 0 Å². The lowest BCUT2D eigenvalue weighted by Crippen LogP contribution is -2.06. The van der Waals surface area contributed by atoms with Crippen molar-refractivity contribution in [3.05, 3.63) is 29.3 Å². The summed E-state index contributed by atoms with van der Waals surface area (Å²) in [7, 11) is 0. The molecule has 1 aromatic carbocycles. The molecule has 0 fully saturated rings. The van der Waals surface area contributed by atoms with Gasteiger partial charge in [0.15, 0.2) is 11.6 Å². The third-order valence-corrected chi connectivity index (χ3v) is 2.21. The number of halogens is 2. The summed E-state index contributed by atoms with van der Waals surface area (Å²) in [5, 5.41) is 9.32. The van der Waals surface area contributed by atoms with E-state index in [0.29, 0.717) is 13.0 Å². The van der Waals surface area contributed by atoms with Crippen LogP contribution in [0.25, 0.3) is 0 Å². The van der Waals surface area contributed by atoms with Crippen LogP contribution >= 0.6 is 0 Å². The van der Waals surface area contributed by atoms with Gasteiger partial charge in [-0.15, -0.1) is 0 Å². The number of rotatable bonds is 3. The molecule has 14 heavy (non-hydrogen) atoms. The maximum absolute atomic E-state index is 13.2. The van der Waals surface area contributed by atoms with Gasteiger partial charge in [-0.05, 0) is 31.0 Å². The fourth-order valence-corrected chi connectivity index (χ4v) is 1.42. The highest BCUT2D eigenvalue weighted by Crippen LogP contribution is 2.32. The Labute approximate surface area is 81.4 Å². The van der Waals surface area contributed by atoms with Gasteiger partial charge in [0.25, 0.3) is 0 Å². The molecule has 0 aliphatic carbocycles. The molecule has 3 N–H and O–H groups in total. The molecule has 0 bridgehead atoms. The second-order valence-electron chi connectivity index (χ2n) is 3.27. The molecule has 0 radical (unpaired) electrons. The van der Waals surface area contributed by atoms with Gasteiger partial charge in [0.1, 0.15) is 5.82 Å². The summed E-state index contributed by atoms with van der Waals surface area (Å²) in [5.74, 6) is -2.28. The molecular weight excluding hydrogens is 188 g/mol. The standard InChI is InChI=1S/C10H13F2NO/c1-6(4-5-13)9-7(11)2-3-8(12)10(9)14/h2-3,6,14H,4-5,13H2,1H3. The molecule has 0 aromatic heterocycles. The fourth-order valence-electron chi connectivity index (χ4n) is 1.42. The predicted molar refractivity (Wildman–Crippen MR) is 50.1 cm³/mol. The number of hydrogen-bond donors (Lipinski definition) is 2. The van der Waals surface area contributed by atoms with E-state index in [-0.39, 0.29) is 11.5 Å². The van der Waals surface area contributed by atoms with Gasteiger partial charge >= 0.3 is 0 Å². The van der Waals surface area contributed by atoms with Crippen molar-refractivity contribution in [1.82, 2.24) is 0 Å². The van der Waals surface area contributed by atoms with E-state index in [2.05, 4.69) is 0 Å². The Kier molecular flexibility index (Phi) is 3.41. The molecule has 2 nitrogen and oxygen atoms in total. The van der Waals surface area contributed by atoms with E-state index in [1.54, 1.807) is 6.92 Å². The Morgan fingerprint density at radius 2 is 1.93 bits per heavy atom. The Hall–Kier alpha value is -1.16. The first-order valence-corrected chi connectivity index (χ1v) is 4.44. The van der Waals surface area contributed by atoms with Crippen molar-refractivity contribution in [2.24, 2.45) is 5.73 Å². The summed E-state index contributed by atoms with van der Waals surface area (Å²) in [6.07, 6.45) is 0.508. The first kappa shape index (κ1) is 10.9. The number of phenols is 1. The molecular formula is C10H13F2NO. The first-order chi connectivity index (χ1) is 6.57. The van der Waals surface area contributed by atoms with Gasteiger partial charge in [0, 0.05) is 5.56 Å². The molecule has 4 heteroatoms. The molecule has 1 aromatic rings. The molecule has 1 unspecified atom stereocenters. The Balaban J connectivity index is 3.11. The molecule has 0 aliphatic rings. The van der Waals surface area contributed by atoms with E-state index in [9.17, 15) is 13.9 Å². The molecule has 0 saturated carbocycles. The van der Waals surface area contributed by atoms with E-state index in [1.165, 1.54) is 0 Å². The number of hydrogen-bond acceptors (Lipinski definition) is 2. The average molecular weight is 201 g/mol. The SMILES string of the molecule is CC(CCN)c1c(F)ccc(F)c1O. The van der Waals surface area contributed by atoms with E-state index in [1.807, 2.05) is 0 Å². The lowest BCUT2D eigenvalue weighted by molar-refractivity contribution is 0.410. The van der Waals surface area contributed by atoms with Crippen LogP contribution in [0.2, 0.25) is 0 Å². The monoisotopic (exact) mass is 201 g/mol. The number of benzene rings is 1. The molecule has 0 aliphatic heterocycles. The lowest BCUT2D eigenvalue weighted by atomic mass is 9.96. The first-order valence-electron chi connectivity index (χ1n) is 4.44. The van der Waals surface area contributed by atoms with Crippen LogP contribution in [0.15, 0.2) is 12.1 Å². The second-order valence-corrected chi connectivity index (χ2v) is 3.27. The molecule has 0 heterocycles. The van der Waals surface area contributed by atoms with E-state index >= 15 is 0 Å². The maximum atomic E-state index is 13.2. The van der Waals surface area contributed by atoms with E-state index in [4.69, 9.17) is 5.73 Å². The molecule has 0 saturated heterocycles. The van der Waals surface area contributed by atoms with Crippen molar-refractivity contribution >= 4 is 0 Å². The van der Waals surface area contributed by atoms with Crippen LogP contribution in [0.3, 0.4) is 0 Å². The van der Waals surface area contributed by atoms with Crippen LogP contribution in [0, 0.1) is 11.6 Å². The summed E-state index contributed by atoms with van der Waals surface area (Å²) in [5.41, 5.74) is 5.32. The van der Waals surface area contributed by atoms with E-state index < -0.39 is 17.4 Å². The third-order valence-electron chi connectivity index (χ3n) is 2.21. The minimum atomic E-state index is -0.801. The summed E-state index contributed by atoms with van der Waals surface area (Å²) in [6, 6.07) is 1.92. The topological polar surface area (TPSA) is 46.2 Å². The molecule has 0 spiro atoms. The van der Waals surface area contributed by atoms with Crippen LogP contribution in [-0.4, -0.2) is 11.7 Å². The van der Waals surface area contributed by atoms with Crippen LogP contribution in [0.1, 0.15) is 24.8 Å². The average Bonchev–Trinajstić information content (AvgIpc) is 2.13. The highest BCUT2D eigenvalue weighted by atomic mass is 19.1.